The van der Waals surface area contributed by atoms with Crippen LogP contribution in [0.15, 0.2) is 18.2 Å². The second-order valence-electron chi connectivity index (χ2n) is 5.20. The molecule has 2 N–H and O–H groups in total. The fourth-order valence-electron chi connectivity index (χ4n) is 2.22. The molecule has 4 nitrogen and oxygen atoms in total. The molecule has 1 heterocycles. The first-order chi connectivity index (χ1) is 9.56. The van der Waals surface area contributed by atoms with Crippen molar-refractivity contribution in [3.63, 3.8) is 0 Å². The van der Waals surface area contributed by atoms with E-state index in [2.05, 4.69) is 10.6 Å². The molecule has 1 aliphatic rings. The molecule has 0 saturated carbocycles. The van der Waals surface area contributed by atoms with Gasteiger partial charge in [0, 0.05) is 13.1 Å². The van der Waals surface area contributed by atoms with Crippen molar-refractivity contribution in [3.8, 4) is 0 Å². The number of benzene rings is 1. The van der Waals surface area contributed by atoms with Gasteiger partial charge in [-0.25, -0.2) is 4.39 Å². The third kappa shape index (κ3) is 4.02. The summed E-state index contributed by atoms with van der Waals surface area (Å²) in [5.74, 6) is -0.324. The normalized spacial score (nSPS) is 20.4. The smallest absolute Gasteiger partial charge is 0.223 e. The Labute approximate surface area is 118 Å². The van der Waals surface area contributed by atoms with Crippen LogP contribution in [-0.2, 0) is 9.53 Å². The van der Waals surface area contributed by atoms with Crippen LogP contribution in [-0.4, -0.2) is 31.7 Å². The Morgan fingerprint density at radius 1 is 1.60 bits per heavy atom. The zero-order chi connectivity index (χ0) is 14.5. The first kappa shape index (κ1) is 14.9. The van der Waals surface area contributed by atoms with Crippen LogP contribution >= 0.6 is 0 Å². The highest BCUT2D eigenvalue weighted by molar-refractivity contribution is 5.77. The van der Waals surface area contributed by atoms with Crippen molar-refractivity contribution in [2.45, 2.75) is 32.4 Å². The van der Waals surface area contributed by atoms with Crippen molar-refractivity contribution in [3.05, 3.63) is 35.1 Å². The van der Waals surface area contributed by atoms with E-state index < -0.39 is 0 Å². The Morgan fingerprint density at radius 3 is 3.05 bits per heavy atom. The molecule has 2 unspecified atom stereocenters. The monoisotopic (exact) mass is 280 g/mol. The molecule has 1 aromatic carbocycles. The molecule has 20 heavy (non-hydrogen) atoms. The minimum Gasteiger partial charge on any atom is -0.375 e. The maximum Gasteiger partial charge on any atom is 0.223 e. The van der Waals surface area contributed by atoms with Crippen molar-refractivity contribution in [2.75, 3.05) is 19.7 Å². The summed E-state index contributed by atoms with van der Waals surface area (Å²) in [5.41, 5.74) is 1.37. The van der Waals surface area contributed by atoms with Gasteiger partial charge in [0.1, 0.15) is 5.82 Å². The quantitative estimate of drug-likeness (QED) is 0.882. The van der Waals surface area contributed by atoms with Crippen molar-refractivity contribution < 1.29 is 13.9 Å². The predicted octanol–water partition coefficient (Wildman–Crippen LogP) is 1.69. The Morgan fingerprint density at radius 2 is 2.40 bits per heavy atom. The number of aryl methyl sites for hydroxylation is 1. The van der Waals surface area contributed by atoms with Gasteiger partial charge in [0.25, 0.3) is 0 Å². The fraction of sp³-hybridized carbons (Fsp3) is 0.533. The van der Waals surface area contributed by atoms with E-state index in [1.54, 1.807) is 13.0 Å². The minimum atomic E-state index is -0.247. The molecule has 110 valence electrons. The zero-order valence-electron chi connectivity index (χ0n) is 11.9. The van der Waals surface area contributed by atoms with Crippen LogP contribution in [0.4, 0.5) is 4.39 Å². The lowest BCUT2D eigenvalue weighted by molar-refractivity contribution is -0.125. The molecular formula is C15H21FN2O2. The Hall–Kier alpha value is -1.46. The molecule has 0 radical (unpaired) electrons. The van der Waals surface area contributed by atoms with E-state index in [-0.39, 0.29) is 23.9 Å². The second kappa shape index (κ2) is 6.81. The summed E-state index contributed by atoms with van der Waals surface area (Å²) in [6, 6.07) is 4.82. The number of carbonyl (C=O) groups is 1. The summed E-state index contributed by atoms with van der Waals surface area (Å²) in [7, 11) is 0. The van der Waals surface area contributed by atoms with Gasteiger partial charge in [-0.1, -0.05) is 12.1 Å². The Bertz CT molecular complexity index is 473. The summed E-state index contributed by atoms with van der Waals surface area (Å²) in [6.07, 6.45) is 0.247. The standard InChI is InChI=1S/C15H21FN2O2/c1-10-3-4-12(7-14(10)16)11(2)18-15(19)8-13-9-17-5-6-20-13/h3-4,7,11,13,17H,5-6,8-9H2,1-2H3,(H,18,19). The summed E-state index contributed by atoms with van der Waals surface area (Å²) in [4.78, 5) is 11.9. The number of amides is 1. The maximum atomic E-state index is 13.5. The van der Waals surface area contributed by atoms with Crippen LogP contribution < -0.4 is 10.6 Å². The van der Waals surface area contributed by atoms with Gasteiger partial charge in [-0.2, -0.15) is 0 Å². The van der Waals surface area contributed by atoms with Crippen LogP contribution in [0.3, 0.4) is 0 Å². The van der Waals surface area contributed by atoms with Crippen molar-refractivity contribution >= 4 is 5.91 Å². The maximum absolute atomic E-state index is 13.5. The van der Waals surface area contributed by atoms with Crippen molar-refractivity contribution in [1.82, 2.24) is 10.6 Å². The second-order valence-corrected chi connectivity index (χ2v) is 5.20. The average molecular weight is 280 g/mol. The number of hydrogen-bond donors (Lipinski definition) is 2. The first-order valence-corrected chi connectivity index (χ1v) is 6.94. The lowest BCUT2D eigenvalue weighted by Gasteiger charge is -2.24. The molecule has 2 atom stereocenters. The van der Waals surface area contributed by atoms with Gasteiger partial charge in [0.15, 0.2) is 0 Å². The van der Waals surface area contributed by atoms with Crippen LogP contribution in [0.2, 0.25) is 0 Å². The van der Waals surface area contributed by atoms with Crippen LogP contribution in [0.25, 0.3) is 0 Å². The number of hydrogen-bond acceptors (Lipinski definition) is 3. The average Bonchev–Trinajstić information content (AvgIpc) is 2.42. The predicted molar refractivity (Wildman–Crippen MR) is 74.9 cm³/mol. The molecule has 2 rings (SSSR count). The lowest BCUT2D eigenvalue weighted by atomic mass is 10.1. The SMILES string of the molecule is Cc1ccc(C(C)NC(=O)CC2CNCCO2)cc1F. The molecule has 0 spiro atoms. The van der Waals surface area contributed by atoms with Gasteiger partial charge in [-0.3, -0.25) is 4.79 Å². The molecule has 0 bridgehead atoms. The molecule has 1 aromatic rings. The van der Waals surface area contributed by atoms with E-state index in [1.807, 2.05) is 13.0 Å². The molecule has 0 aliphatic carbocycles. The minimum absolute atomic E-state index is 0.0767. The third-order valence-electron chi connectivity index (χ3n) is 3.49. The largest absolute Gasteiger partial charge is 0.375 e. The fourth-order valence-corrected chi connectivity index (χ4v) is 2.22. The van der Waals surface area contributed by atoms with Gasteiger partial charge in [-0.05, 0) is 31.0 Å². The number of ether oxygens (including phenoxy) is 1. The molecule has 5 heteroatoms. The molecule has 1 saturated heterocycles. The third-order valence-corrected chi connectivity index (χ3v) is 3.49. The van der Waals surface area contributed by atoms with Gasteiger partial charge in [0.2, 0.25) is 5.91 Å². The van der Waals surface area contributed by atoms with Crippen molar-refractivity contribution in [1.29, 1.82) is 0 Å². The van der Waals surface area contributed by atoms with Crippen molar-refractivity contribution in [2.24, 2.45) is 0 Å². The van der Waals surface area contributed by atoms with E-state index in [0.29, 0.717) is 25.1 Å². The topological polar surface area (TPSA) is 50.4 Å². The molecule has 1 fully saturated rings. The van der Waals surface area contributed by atoms with E-state index >= 15 is 0 Å². The zero-order valence-corrected chi connectivity index (χ0v) is 11.9. The number of morpholine rings is 1. The highest BCUT2D eigenvalue weighted by atomic mass is 19.1. The number of halogens is 1. The molecule has 0 aromatic heterocycles. The lowest BCUT2D eigenvalue weighted by Crippen LogP contribution is -2.41. The molecule has 1 aliphatic heterocycles. The molecule has 1 amide bonds. The Kier molecular flexibility index (Phi) is 5.09. The summed E-state index contributed by atoms with van der Waals surface area (Å²) >= 11 is 0. The highest BCUT2D eigenvalue weighted by Gasteiger charge is 2.19. The number of rotatable bonds is 4. The Balaban J connectivity index is 1.87. The van der Waals surface area contributed by atoms with Gasteiger partial charge >= 0.3 is 0 Å². The molecular weight excluding hydrogens is 259 g/mol. The van der Waals surface area contributed by atoms with Crippen LogP contribution in [0.1, 0.15) is 30.5 Å². The van der Waals surface area contributed by atoms with Gasteiger partial charge < -0.3 is 15.4 Å². The summed E-state index contributed by atoms with van der Waals surface area (Å²) < 4.78 is 19.0. The van der Waals surface area contributed by atoms with E-state index in [4.69, 9.17) is 4.74 Å². The van der Waals surface area contributed by atoms with E-state index in [9.17, 15) is 9.18 Å². The first-order valence-electron chi connectivity index (χ1n) is 6.94. The number of carbonyl (C=O) groups excluding carboxylic acids is 1. The van der Waals surface area contributed by atoms with Gasteiger partial charge in [-0.15, -0.1) is 0 Å². The van der Waals surface area contributed by atoms with Crippen LogP contribution in [0.5, 0.6) is 0 Å². The van der Waals surface area contributed by atoms with E-state index in [1.165, 1.54) is 6.07 Å². The summed E-state index contributed by atoms with van der Waals surface area (Å²) in [5, 5.41) is 6.06. The van der Waals surface area contributed by atoms with E-state index in [0.717, 1.165) is 12.1 Å². The number of nitrogens with one attached hydrogen (secondary N) is 2. The van der Waals surface area contributed by atoms with Gasteiger partial charge in [0.05, 0.1) is 25.2 Å². The van der Waals surface area contributed by atoms with Crippen LogP contribution in [0, 0.1) is 12.7 Å². The highest BCUT2D eigenvalue weighted by Crippen LogP contribution is 2.16. The summed E-state index contributed by atoms with van der Waals surface area (Å²) in [6.45, 7) is 5.73.